The van der Waals surface area contributed by atoms with Crippen LogP contribution in [0, 0.1) is 12.8 Å². The summed E-state index contributed by atoms with van der Waals surface area (Å²) in [6.45, 7) is 1.93. The normalized spacial score (nSPS) is 12.0. The molecule has 5 nitrogen and oxygen atoms in total. The van der Waals surface area contributed by atoms with Crippen molar-refractivity contribution in [2.24, 2.45) is 5.92 Å². The fourth-order valence-electron chi connectivity index (χ4n) is 4.10. The third-order valence-corrected chi connectivity index (χ3v) is 7.58. The molecule has 0 aromatic heterocycles. The molecule has 0 aliphatic rings. The van der Waals surface area contributed by atoms with E-state index < -0.39 is 23.6 Å². The third kappa shape index (κ3) is 8.29. The lowest BCUT2D eigenvalue weighted by molar-refractivity contribution is -0.142. The summed E-state index contributed by atoms with van der Waals surface area (Å²) < 4.78 is 0. The summed E-state index contributed by atoms with van der Waals surface area (Å²) in [5.74, 6) is -1.85. The van der Waals surface area contributed by atoms with Crippen LogP contribution in [0.3, 0.4) is 0 Å². The minimum Gasteiger partial charge on any atom is -0.481 e. The number of carbonyl (C=O) groups excluding carboxylic acids is 2. The first-order valence-electron chi connectivity index (χ1n) is 13.0. The lowest BCUT2D eigenvalue weighted by Gasteiger charge is -2.14. The second-order valence-electron chi connectivity index (χ2n) is 9.53. The summed E-state index contributed by atoms with van der Waals surface area (Å²) >= 11 is 1.47. The van der Waals surface area contributed by atoms with Crippen molar-refractivity contribution in [2.45, 2.75) is 19.1 Å². The van der Waals surface area contributed by atoms with Crippen LogP contribution in [0.2, 0.25) is 0 Å². The number of ketones is 1. The first-order valence-corrected chi connectivity index (χ1v) is 14.2. The van der Waals surface area contributed by atoms with Gasteiger partial charge in [0.25, 0.3) is 5.91 Å². The molecule has 1 amide bonds. The van der Waals surface area contributed by atoms with Gasteiger partial charge in [0.05, 0.1) is 11.6 Å². The van der Waals surface area contributed by atoms with Gasteiger partial charge in [-0.2, -0.15) is 11.8 Å². The SMILES string of the molecule is Cc1ccc(C(=O)N/C(=C/c2ccc(-c3ccccc3)cc2)C(=O)C[C@@H](CSCc2ccccc2)C(=O)O)cc1. The number of aliphatic carboxylic acids is 1. The van der Waals surface area contributed by atoms with Crippen LogP contribution in [-0.4, -0.2) is 28.5 Å². The lowest BCUT2D eigenvalue weighted by Crippen LogP contribution is -2.30. The number of benzene rings is 4. The Morgan fingerprint density at radius 3 is 2.02 bits per heavy atom. The Bertz CT molecular complexity index is 1460. The van der Waals surface area contributed by atoms with Crippen LogP contribution in [0.15, 0.2) is 115 Å². The van der Waals surface area contributed by atoms with E-state index in [4.69, 9.17) is 0 Å². The number of nitrogens with one attached hydrogen (secondary N) is 1. The maximum Gasteiger partial charge on any atom is 0.307 e. The number of Topliss-reactive ketones (excluding diaryl/α,β-unsaturated/α-hetero) is 1. The number of carboxylic acids is 1. The first kappa shape index (κ1) is 28.6. The second kappa shape index (κ2) is 14.1. The molecule has 0 bridgehead atoms. The summed E-state index contributed by atoms with van der Waals surface area (Å²) in [5.41, 5.74) is 5.40. The van der Waals surface area contributed by atoms with Gasteiger partial charge in [-0.1, -0.05) is 103 Å². The summed E-state index contributed by atoms with van der Waals surface area (Å²) in [7, 11) is 0. The number of allylic oxidation sites excluding steroid dienone is 1. The van der Waals surface area contributed by atoms with E-state index in [1.807, 2.05) is 104 Å². The van der Waals surface area contributed by atoms with Gasteiger partial charge in [-0.15, -0.1) is 0 Å². The van der Waals surface area contributed by atoms with E-state index in [1.54, 1.807) is 18.2 Å². The molecule has 0 fully saturated rings. The molecule has 0 aliphatic carbocycles. The predicted molar refractivity (Wildman–Crippen MR) is 162 cm³/mol. The molecule has 0 saturated heterocycles. The fourth-order valence-corrected chi connectivity index (χ4v) is 5.19. The van der Waals surface area contributed by atoms with Gasteiger partial charge >= 0.3 is 5.97 Å². The summed E-state index contributed by atoms with van der Waals surface area (Å²) in [5, 5.41) is 12.6. The van der Waals surface area contributed by atoms with Gasteiger partial charge in [0.1, 0.15) is 0 Å². The molecule has 2 N–H and O–H groups in total. The zero-order valence-corrected chi connectivity index (χ0v) is 23.1. The van der Waals surface area contributed by atoms with Gasteiger partial charge in [0.15, 0.2) is 5.78 Å². The second-order valence-corrected chi connectivity index (χ2v) is 10.6. The molecule has 1 atom stereocenters. The molecule has 4 aromatic carbocycles. The Balaban J connectivity index is 1.53. The number of carbonyl (C=O) groups is 3. The average molecular weight is 550 g/mol. The van der Waals surface area contributed by atoms with Gasteiger partial charge in [-0.25, -0.2) is 0 Å². The average Bonchev–Trinajstić information content (AvgIpc) is 2.98. The van der Waals surface area contributed by atoms with E-state index >= 15 is 0 Å². The van der Waals surface area contributed by atoms with E-state index in [-0.39, 0.29) is 17.9 Å². The molecule has 0 aliphatic heterocycles. The quantitative estimate of drug-likeness (QED) is 0.186. The van der Waals surface area contributed by atoms with Gasteiger partial charge in [-0.05, 0) is 47.4 Å². The van der Waals surface area contributed by atoms with Crippen molar-refractivity contribution in [1.82, 2.24) is 5.32 Å². The molecule has 6 heteroatoms. The number of rotatable bonds is 12. The molecule has 0 spiro atoms. The summed E-state index contributed by atoms with van der Waals surface area (Å²) in [6.07, 6.45) is 1.39. The zero-order chi connectivity index (χ0) is 28.3. The smallest absolute Gasteiger partial charge is 0.307 e. The van der Waals surface area contributed by atoms with Crippen molar-refractivity contribution >= 4 is 35.5 Å². The van der Waals surface area contributed by atoms with Crippen molar-refractivity contribution < 1.29 is 19.5 Å². The van der Waals surface area contributed by atoms with Gasteiger partial charge in [0, 0.05) is 23.5 Å². The van der Waals surface area contributed by atoms with Crippen LogP contribution < -0.4 is 5.32 Å². The highest BCUT2D eigenvalue weighted by Gasteiger charge is 2.24. The van der Waals surface area contributed by atoms with Gasteiger partial charge in [0.2, 0.25) is 0 Å². The summed E-state index contributed by atoms with van der Waals surface area (Å²) in [6, 6.07) is 34.4. The van der Waals surface area contributed by atoms with Crippen LogP contribution in [0.25, 0.3) is 17.2 Å². The lowest BCUT2D eigenvalue weighted by atomic mass is 10.00. The largest absolute Gasteiger partial charge is 0.481 e. The standard InChI is InChI=1S/C34H31NO4S/c1-24-12-16-29(17-13-24)33(37)35-31(20-25-14-18-28(19-15-25)27-10-6-3-7-11-27)32(36)21-30(34(38)39)23-40-22-26-8-4-2-5-9-26/h2-20,30H,21-23H2,1H3,(H,35,37)(H,38,39)/b31-20+/t30-/m0/s1. The number of carboxylic acid groups (broad SMARTS) is 1. The number of hydrogen-bond acceptors (Lipinski definition) is 4. The Kier molecular flexibility index (Phi) is 10.1. The molecule has 0 unspecified atom stereocenters. The van der Waals surface area contributed by atoms with Crippen molar-refractivity contribution in [3.05, 3.63) is 137 Å². The first-order chi connectivity index (χ1) is 19.4. The molecule has 0 heterocycles. The monoisotopic (exact) mass is 549 g/mol. The molecular formula is C34H31NO4S. The molecule has 4 rings (SSSR count). The van der Waals surface area contributed by atoms with E-state index in [2.05, 4.69) is 5.32 Å². The van der Waals surface area contributed by atoms with E-state index in [0.29, 0.717) is 11.3 Å². The number of thioether (sulfide) groups is 1. The zero-order valence-electron chi connectivity index (χ0n) is 22.2. The molecule has 4 aromatic rings. The predicted octanol–water partition coefficient (Wildman–Crippen LogP) is 7.03. The summed E-state index contributed by atoms with van der Waals surface area (Å²) in [4.78, 5) is 38.5. The van der Waals surface area contributed by atoms with Crippen molar-refractivity contribution in [1.29, 1.82) is 0 Å². The van der Waals surface area contributed by atoms with E-state index in [9.17, 15) is 19.5 Å². The van der Waals surface area contributed by atoms with Crippen LogP contribution in [0.4, 0.5) is 0 Å². The Morgan fingerprint density at radius 2 is 1.40 bits per heavy atom. The van der Waals surface area contributed by atoms with Crippen LogP contribution in [-0.2, 0) is 15.3 Å². The molecule has 202 valence electrons. The van der Waals surface area contributed by atoms with E-state index in [1.165, 1.54) is 11.8 Å². The van der Waals surface area contributed by atoms with Crippen molar-refractivity contribution in [3.8, 4) is 11.1 Å². The highest BCUT2D eigenvalue weighted by Crippen LogP contribution is 2.22. The van der Waals surface area contributed by atoms with Crippen LogP contribution >= 0.6 is 11.8 Å². The molecule has 40 heavy (non-hydrogen) atoms. The Morgan fingerprint density at radius 1 is 0.800 bits per heavy atom. The third-order valence-electron chi connectivity index (χ3n) is 6.40. The fraction of sp³-hybridized carbons (Fsp3) is 0.147. The van der Waals surface area contributed by atoms with E-state index in [0.717, 1.165) is 27.8 Å². The molecule has 0 saturated carbocycles. The minimum absolute atomic E-state index is 0.0670. The van der Waals surface area contributed by atoms with Crippen molar-refractivity contribution in [2.75, 3.05) is 5.75 Å². The Labute approximate surface area is 239 Å². The van der Waals surface area contributed by atoms with Crippen LogP contribution in [0.1, 0.15) is 33.5 Å². The number of amides is 1. The molecular weight excluding hydrogens is 518 g/mol. The molecule has 0 radical (unpaired) electrons. The highest BCUT2D eigenvalue weighted by atomic mass is 32.2. The van der Waals surface area contributed by atoms with Crippen molar-refractivity contribution in [3.63, 3.8) is 0 Å². The highest BCUT2D eigenvalue weighted by molar-refractivity contribution is 7.98. The number of aryl methyl sites for hydroxylation is 1. The Hall–Kier alpha value is -4.42. The maximum absolute atomic E-state index is 13.4. The van der Waals surface area contributed by atoms with Gasteiger partial charge in [-0.3, -0.25) is 14.4 Å². The van der Waals surface area contributed by atoms with Crippen LogP contribution in [0.5, 0.6) is 0 Å². The topological polar surface area (TPSA) is 83.5 Å². The van der Waals surface area contributed by atoms with Gasteiger partial charge < -0.3 is 10.4 Å². The minimum atomic E-state index is -1.04. The number of hydrogen-bond donors (Lipinski definition) is 2. The maximum atomic E-state index is 13.4.